The van der Waals surface area contributed by atoms with Crippen molar-refractivity contribution in [1.29, 1.82) is 0 Å². The lowest BCUT2D eigenvalue weighted by molar-refractivity contribution is 0.159. The van der Waals surface area contributed by atoms with Crippen LogP contribution in [-0.2, 0) is 21.9 Å². The minimum absolute atomic E-state index is 0.00110. The van der Waals surface area contributed by atoms with Crippen molar-refractivity contribution < 1.29 is 17.5 Å². The van der Waals surface area contributed by atoms with E-state index >= 15 is 0 Å². The van der Waals surface area contributed by atoms with Crippen LogP contribution in [0.2, 0.25) is 0 Å². The second kappa shape index (κ2) is 9.63. The highest BCUT2D eigenvalue weighted by Crippen LogP contribution is 2.53. The van der Waals surface area contributed by atoms with E-state index in [1.54, 1.807) is 0 Å². The van der Waals surface area contributed by atoms with Gasteiger partial charge in [-0.15, -0.1) is 0 Å². The highest BCUT2D eigenvalue weighted by Gasteiger charge is 2.48. The summed E-state index contributed by atoms with van der Waals surface area (Å²) in [5.74, 6) is 0.525. The molecule has 1 atom stereocenters. The standard InChI is InChI=1S/C23H30FN3O3S/c24-11-4-16-31(28,29)27-14-15-30-19-7-6-18-8-13-26-22(20(18)17-19)23(9-3-10-23)21-5-1-2-12-25-21/h1-2,5-7,12,17,22,26-27H,3-4,8-11,13-16H2. The summed E-state index contributed by atoms with van der Waals surface area (Å²) in [4.78, 5) is 4.69. The molecule has 4 rings (SSSR count). The van der Waals surface area contributed by atoms with Crippen molar-refractivity contribution in [3.05, 3.63) is 59.4 Å². The number of rotatable bonds is 10. The number of benzene rings is 1. The molecule has 1 aromatic carbocycles. The van der Waals surface area contributed by atoms with Crippen LogP contribution in [0.5, 0.6) is 5.75 Å². The fraction of sp³-hybridized carbons (Fsp3) is 0.522. The van der Waals surface area contributed by atoms with E-state index in [-0.39, 0.29) is 36.8 Å². The first kappa shape index (κ1) is 22.2. The van der Waals surface area contributed by atoms with Gasteiger partial charge < -0.3 is 10.1 Å². The van der Waals surface area contributed by atoms with Gasteiger partial charge in [-0.2, -0.15) is 0 Å². The lowest BCUT2D eigenvalue weighted by Gasteiger charge is -2.49. The van der Waals surface area contributed by atoms with Crippen LogP contribution in [0, 0.1) is 0 Å². The van der Waals surface area contributed by atoms with E-state index < -0.39 is 16.7 Å². The Kier molecular flexibility index (Phi) is 6.89. The Morgan fingerprint density at radius 3 is 2.84 bits per heavy atom. The monoisotopic (exact) mass is 447 g/mol. The number of ether oxygens (including phenoxy) is 1. The Morgan fingerprint density at radius 2 is 2.13 bits per heavy atom. The number of sulfonamides is 1. The molecule has 1 unspecified atom stereocenters. The highest BCUT2D eigenvalue weighted by molar-refractivity contribution is 7.89. The number of aromatic nitrogens is 1. The first-order valence-electron chi connectivity index (χ1n) is 11.0. The molecule has 2 N–H and O–H groups in total. The smallest absolute Gasteiger partial charge is 0.211 e. The number of hydrogen-bond acceptors (Lipinski definition) is 5. The van der Waals surface area contributed by atoms with Crippen molar-refractivity contribution in [2.75, 3.05) is 32.1 Å². The predicted molar refractivity (Wildman–Crippen MR) is 119 cm³/mol. The topological polar surface area (TPSA) is 80.3 Å². The second-order valence-electron chi connectivity index (χ2n) is 8.33. The van der Waals surface area contributed by atoms with Crippen LogP contribution >= 0.6 is 0 Å². The number of halogens is 1. The van der Waals surface area contributed by atoms with Crippen LogP contribution in [0.15, 0.2) is 42.6 Å². The van der Waals surface area contributed by atoms with Crippen LogP contribution in [0.1, 0.15) is 48.5 Å². The summed E-state index contributed by atoms with van der Waals surface area (Å²) in [7, 11) is -3.45. The summed E-state index contributed by atoms with van der Waals surface area (Å²) >= 11 is 0. The molecule has 1 fully saturated rings. The molecule has 2 heterocycles. The van der Waals surface area contributed by atoms with Gasteiger partial charge in [-0.3, -0.25) is 9.37 Å². The predicted octanol–water partition coefficient (Wildman–Crippen LogP) is 3.05. The normalized spacial score (nSPS) is 20.0. The molecule has 0 amide bonds. The van der Waals surface area contributed by atoms with Crippen LogP contribution in [0.3, 0.4) is 0 Å². The van der Waals surface area contributed by atoms with Crippen molar-refractivity contribution in [1.82, 2.24) is 15.0 Å². The summed E-state index contributed by atoms with van der Waals surface area (Å²) in [5, 5.41) is 3.73. The van der Waals surface area contributed by atoms with Crippen molar-refractivity contribution >= 4 is 10.0 Å². The Labute approximate surface area is 183 Å². The summed E-state index contributed by atoms with van der Waals surface area (Å²) in [6.07, 6.45) is 6.25. The number of nitrogens with one attached hydrogen (secondary N) is 2. The Bertz CT molecular complexity index is 981. The molecular weight excluding hydrogens is 417 g/mol. The van der Waals surface area contributed by atoms with Gasteiger partial charge in [0.2, 0.25) is 10.0 Å². The average Bonchev–Trinajstić information content (AvgIpc) is 2.76. The van der Waals surface area contributed by atoms with Crippen LogP contribution in [0.25, 0.3) is 0 Å². The minimum atomic E-state index is -3.45. The van der Waals surface area contributed by atoms with E-state index in [9.17, 15) is 12.8 Å². The van der Waals surface area contributed by atoms with E-state index in [2.05, 4.69) is 39.3 Å². The first-order valence-corrected chi connectivity index (χ1v) is 12.6. The number of fused-ring (bicyclic) bond motifs is 1. The lowest BCUT2D eigenvalue weighted by Crippen LogP contribution is -2.49. The maximum atomic E-state index is 12.2. The molecule has 0 bridgehead atoms. The zero-order chi connectivity index (χ0) is 21.7. The van der Waals surface area contributed by atoms with E-state index in [0.29, 0.717) is 0 Å². The molecule has 1 aromatic heterocycles. The van der Waals surface area contributed by atoms with Crippen LogP contribution in [-0.4, -0.2) is 45.5 Å². The summed E-state index contributed by atoms with van der Waals surface area (Å²) < 4.78 is 44.0. The van der Waals surface area contributed by atoms with Crippen molar-refractivity contribution in [2.45, 2.75) is 43.6 Å². The maximum Gasteiger partial charge on any atom is 0.211 e. The first-order chi connectivity index (χ1) is 15.0. The Morgan fingerprint density at radius 1 is 1.26 bits per heavy atom. The van der Waals surface area contributed by atoms with Gasteiger partial charge in [0, 0.05) is 29.9 Å². The molecule has 2 aliphatic rings. The SMILES string of the molecule is O=S(=O)(CCCF)NCCOc1ccc2c(c1)C(C1(c3ccccn3)CCC1)NCC2. The third kappa shape index (κ3) is 4.91. The molecular formula is C23H30FN3O3S. The maximum absolute atomic E-state index is 12.2. The van der Waals surface area contributed by atoms with Gasteiger partial charge in [0.25, 0.3) is 0 Å². The Hall–Kier alpha value is -2.03. The molecule has 0 saturated heterocycles. The number of alkyl halides is 1. The molecule has 0 spiro atoms. The molecule has 6 nitrogen and oxygen atoms in total. The number of pyridine rings is 1. The summed E-state index contributed by atoms with van der Waals surface area (Å²) in [6, 6.07) is 12.5. The third-order valence-corrected chi connectivity index (χ3v) is 7.85. The van der Waals surface area contributed by atoms with Gasteiger partial charge in [0.15, 0.2) is 0 Å². The number of nitrogens with zero attached hydrogens (tertiary/aromatic N) is 1. The summed E-state index contributed by atoms with van der Waals surface area (Å²) in [5.41, 5.74) is 3.71. The molecule has 1 aliphatic heterocycles. The average molecular weight is 448 g/mol. The molecule has 31 heavy (non-hydrogen) atoms. The van der Waals surface area contributed by atoms with Gasteiger partial charge in [-0.1, -0.05) is 18.6 Å². The molecule has 1 saturated carbocycles. The van der Waals surface area contributed by atoms with Gasteiger partial charge in [-0.05, 0) is 67.6 Å². The van der Waals surface area contributed by atoms with E-state index in [0.717, 1.165) is 37.3 Å². The van der Waals surface area contributed by atoms with Gasteiger partial charge in [0.05, 0.1) is 12.4 Å². The fourth-order valence-electron chi connectivity index (χ4n) is 4.70. The van der Waals surface area contributed by atoms with Crippen molar-refractivity contribution in [3.63, 3.8) is 0 Å². The largest absolute Gasteiger partial charge is 0.492 e. The zero-order valence-corrected chi connectivity index (χ0v) is 18.5. The highest BCUT2D eigenvalue weighted by atomic mass is 32.2. The molecule has 168 valence electrons. The quantitative estimate of drug-likeness (QED) is 0.547. The number of hydrogen-bond donors (Lipinski definition) is 2. The van der Waals surface area contributed by atoms with Crippen molar-refractivity contribution in [2.24, 2.45) is 0 Å². The molecule has 2 aromatic rings. The second-order valence-corrected chi connectivity index (χ2v) is 10.3. The van der Waals surface area contributed by atoms with Gasteiger partial charge in [-0.25, -0.2) is 13.1 Å². The fourth-order valence-corrected chi connectivity index (χ4v) is 5.73. The van der Waals surface area contributed by atoms with Crippen molar-refractivity contribution in [3.8, 4) is 5.75 Å². The molecule has 8 heteroatoms. The van der Waals surface area contributed by atoms with Crippen LogP contribution in [0.4, 0.5) is 4.39 Å². The Balaban J connectivity index is 1.46. The van der Waals surface area contributed by atoms with Gasteiger partial charge >= 0.3 is 0 Å². The summed E-state index contributed by atoms with van der Waals surface area (Å²) in [6.45, 7) is 0.678. The third-order valence-electron chi connectivity index (χ3n) is 6.38. The lowest BCUT2D eigenvalue weighted by atomic mass is 9.59. The van der Waals surface area contributed by atoms with E-state index in [1.807, 2.05) is 18.3 Å². The zero-order valence-electron chi connectivity index (χ0n) is 17.6. The van der Waals surface area contributed by atoms with E-state index in [1.165, 1.54) is 17.5 Å². The van der Waals surface area contributed by atoms with Gasteiger partial charge in [0.1, 0.15) is 12.4 Å². The molecule has 0 radical (unpaired) electrons. The molecule has 1 aliphatic carbocycles. The van der Waals surface area contributed by atoms with E-state index in [4.69, 9.17) is 4.74 Å². The van der Waals surface area contributed by atoms with Crippen LogP contribution < -0.4 is 14.8 Å². The minimum Gasteiger partial charge on any atom is -0.492 e.